The minimum Gasteiger partial charge on any atom is -0.350 e. The van der Waals surface area contributed by atoms with Gasteiger partial charge in [0.2, 0.25) is 0 Å². The molecule has 1 aromatic heterocycles. The van der Waals surface area contributed by atoms with E-state index in [1.165, 1.54) is 47.8 Å². The SMILES string of the molecule is CCCCN1CCCN(C(=O)c2[nH]c3ccccc3c2CN2CCC(c3c(C)cccc3C)CC2)CC1.Cl.Cl. The fraction of sp³-hybridized carbons (Fsp3) is 0.531. The van der Waals surface area contributed by atoms with Crippen molar-refractivity contribution >= 4 is 41.6 Å². The van der Waals surface area contributed by atoms with Gasteiger partial charge in [-0.2, -0.15) is 0 Å². The van der Waals surface area contributed by atoms with E-state index in [2.05, 4.69) is 82.9 Å². The van der Waals surface area contributed by atoms with Gasteiger partial charge >= 0.3 is 0 Å². The highest BCUT2D eigenvalue weighted by atomic mass is 35.5. The number of piperidine rings is 1. The third-order valence-electron chi connectivity index (χ3n) is 8.65. The Hall–Kier alpha value is -2.05. The number of nitrogens with one attached hydrogen (secondary N) is 1. The van der Waals surface area contributed by atoms with Crippen LogP contribution >= 0.6 is 24.8 Å². The number of carbonyl (C=O) groups excluding carboxylic acids is 1. The summed E-state index contributed by atoms with van der Waals surface area (Å²) in [7, 11) is 0. The van der Waals surface area contributed by atoms with Crippen molar-refractivity contribution in [1.29, 1.82) is 0 Å². The Bertz CT molecular complexity index is 1200. The Morgan fingerprint density at radius 3 is 2.31 bits per heavy atom. The van der Waals surface area contributed by atoms with Crippen molar-refractivity contribution < 1.29 is 4.79 Å². The van der Waals surface area contributed by atoms with Gasteiger partial charge < -0.3 is 14.8 Å². The largest absolute Gasteiger partial charge is 0.350 e. The molecule has 0 bridgehead atoms. The molecule has 0 aliphatic carbocycles. The van der Waals surface area contributed by atoms with Crippen molar-refractivity contribution in [2.75, 3.05) is 45.8 Å². The molecule has 7 heteroatoms. The molecule has 0 spiro atoms. The van der Waals surface area contributed by atoms with Crippen LogP contribution in [0, 0.1) is 13.8 Å². The second kappa shape index (κ2) is 14.5. The van der Waals surface area contributed by atoms with E-state index >= 15 is 0 Å². The molecule has 2 fully saturated rings. The highest BCUT2D eigenvalue weighted by Crippen LogP contribution is 2.34. The van der Waals surface area contributed by atoms with E-state index in [1.807, 2.05) is 0 Å². The zero-order valence-corrected chi connectivity index (χ0v) is 25.5. The fourth-order valence-corrected chi connectivity index (χ4v) is 6.56. The molecule has 3 aromatic rings. The first-order valence-electron chi connectivity index (χ1n) is 14.4. The molecule has 214 valence electrons. The van der Waals surface area contributed by atoms with Crippen LogP contribution in [0.2, 0.25) is 0 Å². The van der Waals surface area contributed by atoms with Crippen LogP contribution in [0.25, 0.3) is 10.9 Å². The molecule has 2 aromatic carbocycles. The van der Waals surface area contributed by atoms with Crippen LogP contribution in [0.3, 0.4) is 0 Å². The third kappa shape index (κ3) is 7.18. The number of hydrogen-bond donors (Lipinski definition) is 1. The number of likely N-dealkylation sites (tertiary alicyclic amines) is 1. The molecule has 0 saturated carbocycles. The first kappa shape index (κ1) is 31.5. The number of fused-ring (bicyclic) bond motifs is 1. The second-order valence-corrected chi connectivity index (χ2v) is 11.2. The number of amides is 1. The molecule has 5 nitrogen and oxygen atoms in total. The van der Waals surface area contributed by atoms with Crippen molar-refractivity contribution in [3.63, 3.8) is 0 Å². The zero-order chi connectivity index (χ0) is 25.8. The lowest BCUT2D eigenvalue weighted by Crippen LogP contribution is -2.37. The zero-order valence-electron chi connectivity index (χ0n) is 23.9. The van der Waals surface area contributed by atoms with E-state index in [1.54, 1.807) is 5.56 Å². The molecule has 39 heavy (non-hydrogen) atoms. The Morgan fingerprint density at radius 2 is 1.59 bits per heavy atom. The normalized spacial score (nSPS) is 17.5. The summed E-state index contributed by atoms with van der Waals surface area (Å²) in [6, 6.07) is 15.1. The number of hydrogen-bond acceptors (Lipinski definition) is 3. The number of para-hydroxylation sites is 1. The molecular weight excluding hydrogens is 527 g/mol. The van der Waals surface area contributed by atoms with Crippen molar-refractivity contribution in [3.8, 4) is 0 Å². The summed E-state index contributed by atoms with van der Waals surface area (Å²) in [6.07, 6.45) is 5.87. The Balaban J connectivity index is 0.00000210. The van der Waals surface area contributed by atoms with Crippen LogP contribution in [0.5, 0.6) is 0 Å². The van der Waals surface area contributed by atoms with Gasteiger partial charge in [0, 0.05) is 42.6 Å². The molecule has 1 N–H and O–H groups in total. The predicted octanol–water partition coefficient (Wildman–Crippen LogP) is 6.96. The lowest BCUT2D eigenvalue weighted by Gasteiger charge is -2.33. The van der Waals surface area contributed by atoms with Crippen molar-refractivity contribution in [3.05, 3.63) is 70.4 Å². The first-order chi connectivity index (χ1) is 18.0. The highest BCUT2D eigenvalue weighted by molar-refractivity contribution is 6.01. The predicted molar refractivity (Wildman–Crippen MR) is 168 cm³/mol. The first-order valence-corrected chi connectivity index (χ1v) is 14.4. The molecule has 3 heterocycles. The summed E-state index contributed by atoms with van der Waals surface area (Å²) < 4.78 is 0. The molecule has 2 saturated heterocycles. The van der Waals surface area contributed by atoms with Crippen LogP contribution in [0.4, 0.5) is 0 Å². The third-order valence-corrected chi connectivity index (χ3v) is 8.65. The number of carbonyl (C=O) groups is 1. The minimum atomic E-state index is 0. The van der Waals surface area contributed by atoms with E-state index in [0.29, 0.717) is 5.92 Å². The maximum atomic E-state index is 13.9. The topological polar surface area (TPSA) is 42.6 Å². The number of nitrogens with zero attached hydrogens (tertiary/aromatic N) is 3. The van der Waals surface area contributed by atoms with Gasteiger partial charge in [0.25, 0.3) is 5.91 Å². The monoisotopic (exact) mass is 572 g/mol. The lowest BCUT2D eigenvalue weighted by atomic mass is 9.84. The molecule has 2 aliphatic heterocycles. The molecule has 2 aliphatic rings. The summed E-state index contributed by atoms with van der Waals surface area (Å²) in [6.45, 7) is 14.6. The second-order valence-electron chi connectivity index (χ2n) is 11.2. The van der Waals surface area contributed by atoms with Gasteiger partial charge in [-0.15, -0.1) is 24.8 Å². The summed E-state index contributed by atoms with van der Waals surface area (Å²) in [5.74, 6) is 0.809. The standard InChI is InChI=1S/C32H44N4O.2ClH/c1-4-5-16-34-17-9-18-36(22-21-34)32(37)31-28(27-12-6-7-13-29(27)33-31)23-35-19-14-26(15-20-35)30-24(2)10-8-11-25(30)3;;/h6-8,10-13,26,33H,4-5,9,14-23H2,1-3H3;2*1H. The average molecular weight is 574 g/mol. The molecular formula is C32H46Cl2N4O. The number of aromatic nitrogens is 1. The molecule has 0 atom stereocenters. The Kier molecular flexibility index (Phi) is 11.7. The van der Waals surface area contributed by atoms with Crippen molar-refractivity contribution in [1.82, 2.24) is 19.7 Å². The smallest absolute Gasteiger partial charge is 0.270 e. The fourth-order valence-electron chi connectivity index (χ4n) is 6.56. The molecule has 1 amide bonds. The Labute approximate surface area is 247 Å². The van der Waals surface area contributed by atoms with Gasteiger partial charge in [-0.05, 0) is 94.4 Å². The summed E-state index contributed by atoms with van der Waals surface area (Å²) >= 11 is 0. The molecule has 0 unspecified atom stereocenters. The Morgan fingerprint density at radius 1 is 0.872 bits per heavy atom. The van der Waals surface area contributed by atoms with Gasteiger partial charge in [-0.25, -0.2) is 0 Å². The van der Waals surface area contributed by atoms with Gasteiger partial charge in [0.1, 0.15) is 5.69 Å². The van der Waals surface area contributed by atoms with E-state index in [0.717, 1.165) is 70.0 Å². The minimum absolute atomic E-state index is 0. The molecule has 5 rings (SSSR count). The number of unbranched alkanes of at least 4 members (excludes halogenated alkanes) is 1. The van der Waals surface area contributed by atoms with Crippen molar-refractivity contribution in [2.24, 2.45) is 0 Å². The summed E-state index contributed by atoms with van der Waals surface area (Å²) in [5.41, 5.74) is 7.46. The maximum absolute atomic E-state index is 13.9. The van der Waals surface area contributed by atoms with E-state index in [-0.39, 0.29) is 30.7 Å². The average Bonchev–Trinajstić information content (AvgIpc) is 3.09. The number of rotatable bonds is 7. The van der Waals surface area contributed by atoms with Gasteiger partial charge in [0.05, 0.1) is 0 Å². The van der Waals surface area contributed by atoms with Crippen LogP contribution in [-0.4, -0.2) is 71.4 Å². The van der Waals surface area contributed by atoms with Crippen LogP contribution in [-0.2, 0) is 6.54 Å². The van der Waals surface area contributed by atoms with Crippen LogP contribution < -0.4 is 0 Å². The highest BCUT2D eigenvalue weighted by Gasteiger charge is 2.28. The van der Waals surface area contributed by atoms with Gasteiger partial charge in [-0.1, -0.05) is 49.7 Å². The quantitative estimate of drug-likeness (QED) is 0.333. The number of aryl methyl sites for hydroxylation is 2. The molecule has 0 radical (unpaired) electrons. The number of halogens is 2. The van der Waals surface area contributed by atoms with Crippen molar-refractivity contribution in [2.45, 2.75) is 65.3 Å². The number of aromatic amines is 1. The van der Waals surface area contributed by atoms with Gasteiger partial charge in [0.15, 0.2) is 0 Å². The summed E-state index contributed by atoms with van der Waals surface area (Å²) in [4.78, 5) is 24.6. The maximum Gasteiger partial charge on any atom is 0.270 e. The van der Waals surface area contributed by atoms with E-state index < -0.39 is 0 Å². The number of benzene rings is 2. The van der Waals surface area contributed by atoms with E-state index in [9.17, 15) is 4.79 Å². The van der Waals surface area contributed by atoms with Crippen LogP contribution in [0.15, 0.2) is 42.5 Å². The summed E-state index contributed by atoms with van der Waals surface area (Å²) in [5, 5.41) is 1.20. The van der Waals surface area contributed by atoms with Gasteiger partial charge in [-0.3, -0.25) is 9.69 Å². The van der Waals surface area contributed by atoms with E-state index in [4.69, 9.17) is 0 Å². The lowest BCUT2D eigenvalue weighted by molar-refractivity contribution is 0.0753. The van der Waals surface area contributed by atoms with Crippen LogP contribution in [0.1, 0.15) is 77.7 Å². The number of H-pyrrole nitrogens is 1.